The highest BCUT2D eigenvalue weighted by Crippen LogP contribution is 2.38. The number of rotatable bonds is 7. The van der Waals surface area contributed by atoms with Gasteiger partial charge < -0.3 is 5.32 Å². The molecule has 0 bridgehead atoms. The molecule has 5 nitrogen and oxygen atoms in total. The number of hydrogen-bond donors (Lipinski definition) is 1. The second-order valence-electron chi connectivity index (χ2n) is 11.0. The molecule has 0 spiro atoms. The topological polar surface area (TPSA) is 53.9 Å². The van der Waals surface area contributed by atoms with Gasteiger partial charge in [-0.25, -0.2) is 9.97 Å². The average molecular weight is 546 g/mol. The van der Waals surface area contributed by atoms with Gasteiger partial charge in [0.1, 0.15) is 11.6 Å². The van der Waals surface area contributed by atoms with E-state index >= 15 is 0 Å². The maximum atomic E-state index is 13.8. The molecule has 1 N–H and O–H groups in total. The van der Waals surface area contributed by atoms with Crippen molar-refractivity contribution >= 4 is 16.7 Å². The van der Waals surface area contributed by atoms with Crippen LogP contribution in [0.4, 0.5) is 19.0 Å². The minimum Gasteiger partial charge on any atom is -0.369 e. The van der Waals surface area contributed by atoms with E-state index in [4.69, 9.17) is 9.97 Å². The van der Waals surface area contributed by atoms with Gasteiger partial charge in [-0.3, -0.25) is 9.88 Å². The van der Waals surface area contributed by atoms with Crippen LogP contribution in [0.25, 0.3) is 22.2 Å². The Morgan fingerprint density at radius 1 is 0.900 bits per heavy atom. The van der Waals surface area contributed by atoms with Gasteiger partial charge in [-0.15, -0.1) is 0 Å². The van der Waals surface area contributed by atoms with Crippen LogP contribution < -0.4 is 5.32 Å². The van der Waals surface area contributed by atoms with E-state index in [1.807, 2.05) is 24.3 Å². The Bertz CT molecular complexity index is 1450. The SMILES string of the molecule is FC(F)(F)c1cccnc1-c1ccc2c(NCCc3ccccc3)nc(CN3CCCC4CCCCC43)nc2c1. The molecule has 2 aliphatic rings. The van der Waals surface area contributed by atoms with Crippen LogP contribution >= 0.6 is 0 Å². The first-order valence-corrected chi connectivity index (χ1v) is 14.3. The third-order valence-corrected chi connectivity index (χ3v) is 8.38. The lowest BCUT2D eigenvalue weighted by atomic mass is 9.78. The Morgan fingerprint density at radius 2 is 1.73 bits per heavy atom. The van der Waals surface area contributed by atoms with Crippen LogP contribution in [0.15, 0.2) is 66.9 Å². The minimum atomic E-state index is -4.50. The Morgan fingerprint density at radius 3 is 2.58 bits per heavy atom. The third-order valence-electron chi connectivity index (χ3n) is 8.38. The zero-order chi connectivity index (χ0) is 27.5. The molecule has 6 rings (SSSR count). The fourth-order valence-electron chi connectivity index (χ4n) is 6.47. The summed E-state index contributed by atoms with van der Waals surface area (Å²) in [6.45, 7) is 2.36. The first-order valence-electron chi connectivity index (χ1n) is 14.3. The van der Waals surface area contributed by atoms with Crippen molar-refractivity contribution in [1.29, 1.82) is 0 Å². The number of pyridine rings is 1. The normalized spacial score (nSPS) is 19.9. The van der Waals surface area contributed by atoms with E-state index in [1.54, 1.807) is 12.1 Å². The molecule has 208 valence electrons. The van der Waals surface area contributed by atoms with E-state index in [9.17, 15) is 13.2 Å². The van der Waals surface area contributed by atoms with E-state index in [0.717, 1.165) is 36.2 Å². The van der Waals surface area contributed by atoms with Crippen molar-refractivity contribution in [3.8, 4) is 11.3 Å². The van der Waals surface area contributed by atoms with Gasteiger partial charge in [0.15, 0.2) is 0 Å². The van der Waals surface area contributed by atoms with Crippen LogP contribution in [-0.4, -0.2) is 39.0 Å². The number of likely N-dealkylation sites (tertiary alicyclic amines) is 1. The molecule has 1 saturated carbocycles. The largest absolute Gasteiger partial charge is 0.418 e. The van der Waals surface area contributed by atoms with Gasteiger partial charge in [-0.2, -0.15) is 13.2 Å². The summed E-state index contributed by atoms with van der Waals surface area (Å²) in [5.74, 6) is 2.16. The van der Waals surface area contributed by atoms with Gasteiger partial charge in [0.05, 0.1) is 23.3 Å². The number of halogens is 3. The second-order valence-corrected chi connectivity index (χ2v) is 11.0. The first-order chi connectivity index (χ1) is 19.5. The zero-order valence-corrected chi connectivity index (χ0v) is 22.5. The number of nitrogens with zero attached hydrogens (tertiary/aromatic N) is 4. The number of fused-ring (bicyclic) bond motifs is 2. The predicted octanol–water partition coefficient (Wildman–Crippen LogP) is 7.52. The highest BCUT2D eigenvalue weighted by molar-refractivity contribution is 5.92. The van der Waals surface area contributed by atoms with Crippen LogP contribution in [0.1, 0.15) is 55.5 Å². The molecule has 1 aliphatic heterocycles. The lowest BCUT2D eigenvalue weighted by Crippen LogP contribution is -2.46. The summed E-state index contributed by atoms with van der Waals surface area (Å²) in [7, 11) is 0. The number of hydrogen-bond acceptors (Lipinski definition) is 5. The maximum absolute atomic E-state index is 13.8. The average Bonchev–Trinajstić information content (AvgIpc) is 2.97. The molecule has 2 aromatic heterocycles. The highest BCUT2D eigenvalue weighted by Gasteiger charge is 2.35. The lowest BCUT2D eigenvalue weighted by molar-refractivity contribution is -0.137. The van der Waals surface area contributed by atoms with Crippen molar-refractivity contribution in [2.24, 2.45) is 5.92 Å². The highest BCUT2D eigenvalue weighted by atomic mass is 19.4. The Kier molecular flexibility index (Phi) is 7.69. The van der Waals surface area contributed by atoms with E-state index in [2.05, 4.69) is 27.3 Å². The van der Waals surface area contributed by atoms with E-state index in [0.29, 0.717) is 36.0 Å². The van der Waals surface area contributed by atoms with Crippen LogP contribution in [0.2, 0.25) is 0 Å². The summed E-state index contributed by atoms with van der Waals surface area (Å²) in [4.78, 5) is 16.5. The van der Waals surface area contributed by atoms with E-state index < -0.39 is 11.7 Å². The molecule has 8 heteroatoms. The van der Waals surface area contributed by atoms with Gasteiger partial charge >= 0.3 is 6.18 Å². The second kappa shape index (κ2) is 11.5. The Balaban J connectivity index is 1.35. The van der Waals surface area contributed by atoms with Crippen molar-refractivity contribution in [2.45, 2.75) is 63.7 Å². The number of benzene rings is 2. The Labute approximate surface area is 232 Å². The summed E-state index contributed by atoms with van der Waals surface area (Å²) < 4.78 is 41.3. The van der Waals surface area contributed by atoms with Gasteiger partial charge in [0.25, 0.3) is 0 Å². The lowest BCUT2D eigenvalue weighted by Gasteiger charge is -2.43. The molecule has 3 heterocycles. The van der Waals surface area contributed by atoms with Crippen LogP contribution in [0, 0.1) is 5.92 Å². The number of aromatic nitrogens is 3. The standard InChI is InChI=1S/C32H34F3N5/c33-32(34,35)26-12-6-17-36-30(26)24-14-15-25-27(20-24)38-29(21-40-19-7-11-23-10-4-5-13-28(23)40)39-31(25)37-18-16-22-8-2-1-3-9-22/h1-3,6,8-9,12,14-15,17,20,23,28H,4-5,7,10-11,13,16,18-19,21H2,(H,37,38,39). The molecule has 2 unspecified atom stereocenters. The molecule has 40 heavy (non-hydrogen) atoms. The van der Waals surface area contributed by atoms with Crippen molar-refractivity contribution in [2.75, 3.05) is 18.4 Å². The summed E-state index contributed by atoms with van der Waals surface area (Å²) in [6.07, 6.45) is 5.29. The summed E-state index contributed by atoms with van der Waals surface area (Å²) in [5, 5.41) is 4.29. The fraction of sp³-hybridized carbons (Fsp3) is 0.406. The van der Waals surface area contributed by atoms with Gasteiger partial charge in [-0.1, -0.05) is 49.2 Å². The van der Waals surface area contributed by atoms with Crippen LogP contribution in [0.5, 0.6) is 0 Å². The summed E-state index contributed by atoms with van der Waals surface area (Å²) >= 11 is 0. The molecule has 4 aromatic rings. The predicted molar refractivity (Wildman–Crippen MR) is 152 cm³/mol. The van der Waals surface area contributed by atoms with Crippen molar-refractivity contribution in [1.82, 2.24) is 19.9 Å². The van der Waals surface area contributed by atoms with Gasteiger partial charge in [0, 0.05) is 29.7 Å². The van der Waals surface area contributed by atoms with Gasteiger partial charge in [-0.05, 0) is 74.4 Å². The summed E-state index contributed by atoms with van der Waals surface area (Å²) in [6, 6.07) is 18.4. The molecular formula is C32H34F3N5. The third kappa shape index (κ3) is 5.82. The molecule has 2 aromatic carbocycles. The monoisotopic (exact) mass is 545 g/mol. The maximum Gasteiger partial charge on any atom is 0.418 e. The number of alkyl halides is 3. The minimum absolute atomic E-state index is 0.0864. The number of anilines is 1. The Hall–Kier alpha value is -3.52. The first kappa shape index (κ1) is 26.7. The van der Waals surface area contributed by atoms with Crippen molar-refractivity contribution in [3.63, 3.8) is 0 Å². The van der Waals surface area contributed by atoms with Crippen molar-refractivity contribution in [3.05, 3.63) is 83.8 Å². The molecule has 1 saturated heterocycles. The molecular weight excluding hydrogens is 511 g/mol. The molecule has 2 atom stereocenters. The number of nitrogens with one attached hydrogen (secondary N) is 1. The van der Waals surface area contributed by atoms with Crippen LogP contribution in [0.3, 0.4) is 0 Å². The molecule has 2 fully saturated rings. The molecule has 0 radical (unpaired) electrons. The smallest absolute Gasteiger partial charge is 0.369 e. The van der Waals surface area contributed by atoms with Crippen molar-refractivity contribution < 1.29 is 13.2 Å². The molecule has 0 amide bonds. The quantitative estimate of drug-likeness (QED) is 0.260. The summed E-state index contributed by atoms with van der Waals surface area (Å²) in [5.41, 5.74) is 1.41. The van der Waals surface area contributed by atoms with Crippen LogP contribution in [-0.2, 0) is 19.1 Å². The zero-order valence-electron chi connectivity index (χ0n) is 22.5. The molecule has 1 aliphatic carbocycles. The van der Waals surface area contributed by atoms with E-state index in [1.165, 1.54) is 56.4 Å². The van der Waals surface area contributed by atoms with E-state index in [-0.39, 0.29) is 5.69 Å². The fourth-order valence-corrected chi connectivity index (χ4v) is 6.47. The van der Waals surface area contributed by atoms with Gasteiger partial charge in [0.2, 0.25) is 0 Å². The number of piperidine rings is 1.